The molecule has 5 nitrogen and oxygen atoms in total. The molecule has 0 N–H and O–H groups in total. The number of thioether (sulfide) groups is 1. The lowest BCUT2D eigenvalue weighted by atomic mass is 10.1. The number of aromatic nitrogens is 2. The van der Waals surface area contributed by atoms with Gasteiger partial charge in [-0.25, -0.2) is 4.98 Å². The zero-order valence-electron chi connectivity index (χ0n) is 18.7. The van der Waals surface area contributed by atoms with Gasteiger partial charge in [0.15, 0.2) is 5.16 Å². The van der Waals surface area contributed by atoms with Crippen molar-refractivity contribution in [2.75, 3.05) is 6.54 Å². The summed E-state index contributed by atoms with van der Waals surface area (Å²) in [6.45, 7) is 5.41. The van der Waals surface area contributed by atoms with Crippen LogP contribution in [0, 0.1) is 6.92 Å². The molecule has 5 rings (SSSR count). The van der Waals surface area contributed by atoms with Gasteiger partial charge in [0, 0.05) is 24.1 Å². The van der Waals surface area contributed by atoms with Gasteiger partial charge < -0.3 is 4.90 Å². The molecule has 0 unspecified atom stereocenters. The van der Waals surface area contributed by atoms with Crippen LogP contribution in [0.1, 0.15) is 34.1 Å². The van der Waals surface area contributed by atoms with Crippen LogP contribution >= 0.6 is 23.1 Å². The molecule has 7 heteroatoms. The van der Waals surface area contributed by atoms with E-state index in [0.717, 1.165) is 37.1 Å². The highest BCUT2D eigenvalue weighted by atomic mass is 32.2. The number of hydrogen-bond donors (Lipinski definition) is 0. The van der Waals surface area contributed by atoms with Crippen LogP contribution in [0.3, 0.4) is 0 Å². The summed E-state index contributed by atoms with van der Waals surface area (Å²) in [6, 6.07) is 18.4. The van der Waals surface area contributed by atoms with Crippen molar-refractivity contribution >= 4 is 39.2 Å². The van der Waals surface area contributed by atoms with Crippen molar-refractivity contribution in [1.29, 1.82) is 0 Å². The smallest absolute Gasteiger partial charge is 0.263 e. The number of hydrogen-bond acceptors (Lipinski definition) is 5. The Hall–Kier alpha value is -2.90. The predicted octanol–water partition coefficient (Wildman–Crippen LogP) is 5.01. The molecular weight excluding hydrogens is 450 g/mol. The third kappa shape index (κ3) is 4.35. The minimum Gasteiger partial charge on any atom is -0.337 e. The summed E-state index contributed by atoms with van der Waals surface area (Å²) in [4.78, 5) is 34.4. The van der Waals surface area contributed by atoms with E-state index in [1.165, 1.54) is 11.1 Å². The Morgan fingerprint density at radius 3 is 2.64 bits per heavy atom. The van der Waals surface area contributed by atoms with Crippen LogP contribution in [-0.4, -0.2) is 26.9 Å². The first-order valence-electron chi connectivity index (χ1n) is 11.0. The summed E-state index contributed by atoms with van der Waals surface area (Å²) in [5, 5.41) is 1.47. The summed E-state index contributed by atoms with van der Waals surface area (Å²) in [6.07, 6.45) is 0.701. The molecule has 1 aliphatic heterocycles. The summed E-state index contributed by atoms with van der Waals surface area (Å²) >= 11 is 3.17. The first kappa shape index (κ1) is 21.9. The molecule has 0 bridgehead atoms. The number of amides is 1. The van der Waals surface area contributed by atoms with Gasteiger partial charge in [0.05, 0.1) is 18.5 Å². The molecule has 0 saturated carbocycles. The minimum atomic E-state index is 0.0184. The topological polar surface area (TPSA) is 55.2 Å². The van der Waals surface area contributed by atoms with Gasteiger partial charge in [0.1, 0.15) is 4.83 Å². The van der Waals surface area contributed by atoms with E-state index in [9.17, 15) is 9.59 Å². The standard InChI is InChI=1S/C26H25N3O2S2/c1-17-8-6-7-11-20(17)16-32-26-27-24-23(21-12-13-28(18(2)30)15-22(21)33-24)25(31)29(26)14-19-9-4-3-5-10-19/h3-11H,12-16H2,1-2H3. The van der Waals surface area contributed by atoms with Gasteiger partial charge in [-0.2, -0.15) is 0 Å². The monoisotopic (exact) mass is 475 g/mol. The predicted molar refractivity (Wildman–Crippen MR) is 135 cm³/mol. The number of aryl methyl sites for hydroxylation is 1. The van der Waals surface area contributed by atoms with Gasteiger partial charge in [-0.15, -0.1) is 11.3 Å². The quantitative estimate of drug-likeness (QED) is 0.301. The Morgan fingerprint density at radius 2 is 1.88 bits per heavy atom. The maximum absolute atomic E-state index is 13.8. The van der Waals surface area contributed by atoms with Crippen molar-refractivity contribution in [3.8, 4) is 0 Å². The molecule has 0 spiro atoms. The van der Waals surface area contributed by atoms with Gasteiger partial charge in [-0.1, -0.05) is 66.4 Å². The Morgan fingerprint density at radius 1 is 1.12 bits per heavy atom. The highest BCUT2D eigenvalue weighted by Gasteiger charge is 2.26. The molecule has 3 heterocycles. The molecule has 4 aromatic rings. The van der Waals surface area contributed by atoms with E-state index in [-0.39, 0.29) is 11.5 Å². The van der Waals surface area contributed by atoms with E-state index in [4.69, 9.17) is 4.98 Å². The average molecular weight is 476 g/mol. The highest BCUT2D eigenvalue weighted by Crippen LogP contribution is 2.34. The lowest BCUT2D eigenvalue weighted by Crippen LogP contribution is -2.34. The molecule has 0 radical (unpaired) electrons. The Labute approximate surface area is 201 Å². The van der Waals surface area contributed by atoms with Crippen LogP contribution in [-0.2, 0) is 30.1 Å². The largest absolute Gasteiger partial charge is 0.337 e. The van der Waals surface area contributed by atoms with Crippen LogP contribution < -0.4 is 5.56 Å². The molecule has 33 heavy (non-hydrogen) atoms. The first-order chi connectivity index (χ1) is 16.0. The van der Waals surface area contributed by atoms with Crippen LogP contribution in [0.4, 0.5) is 0 Å². The minimum absolute atomic E-state index is 0.0184. The zero-order valence-corrected chi connectivity index (χ0v) is 20.3. The average Bonchev–Trinajstić information content (AvgIpc) is 3.19. The van der Waals surface area contributed by atoms with E-state index >= 15 is 0 Å². The fraction of sp³-hybridized carbons (Fsp3) is 0.269. The first-order valence-corrected chi connectivity index (χ1v) is 12.8. The van der Waals surface area contributed by atoms with Gasteiger partial charge >= 0.3 is 0 Å². The lowest BCUT2D eigenvalue weighted by molar-refractivity contribution is -0.129. The molecule has 0 fully saturated rings. The second-order valence-electron chi connectivity index (χ2n) is 8.36. The van der Waals surface area contributed by atoms with E-state index in [2.05, 4.69) is 19.1 Å². The number of carbonyl (C=O) groups excluding carboxylic acids is 1. The maximum atomic E-state index is 13.8. The van der Waals surface area contributed by atoms with Crippen LogP contribution in [0.25, 0.3) is 10.2 Å². The van der Waals surface area contributed by atoms with Gasteiger partial charge in [-0.3, -0.25) is 14.2 Å². The molecule has 2 aromatic heterocycles. The van der Waals surface area contributed by atoms with Gasteiger partial charge in [0.2, 0.25) is 5.91 Å². The SMILES string of the molecule is CC(=O)N1CCc2c(sc3nc(SCc4ccccc4C)n(Cc4ccccc4)c(=O)c23)C1. The highest BCUT2D eigenvalue weighted by molar-refractivity contribution is 7.98. The van der Waals surface area contributed by atoms with Crippen LogP contribution in [0.5, 0.6) is 0 Å². The number of fused-ring (bicyclic) bond motifs is 3. The number of carbonyl (C=O) groups is 1. The summed E-state index contributed by atoms with van der Waals surface area (Å²) in [5.74, 6) is 0.824. The number of thiophene rings is 1. The molecule has 0 aliphatic carbocycles. The van der Waals surface area contributed by atoms with Crippen molar-refractivity contribution < 1.29 is 4.79 Å². The van der Waals surface area contributed by atoms with Crippen molar-refractivity contribution in [3.63, 3.8) is 0 Å². The lowest BCUT2D eigenvalue weighted by Gasteiger charge is -2.25. The van der Waals surface area contributed by atoms with Crippen molar-refractivity contribution in [3.05, 3.63) is 92.1 Å². The van der Waals surface area contributed by atoms with Crippen molar-refractivity contribution in [1.82, 2.24) is 14.5 Å². The van der Waals surface area contributed by atoms with Gasteiger partial charge in [-0.05, 0) is 35.6 Å². The van der Waals surface area contributed by atoms with Crippen LogP contribution in [0.15, 0.2) is 64.5 Å². The summed E-state index contributed by atoms with van der Waals surface area (Å²) < 4.78 is 1.82. The maximum Gasteiger partial charge on any atom is 0.263 e. The summed E-state index contributed by atoms with van der Waals surface area (Å²) in [7, 11) is 0. The zero-order chi connectivity index (χ0) is 22.9. The normalized spacial score (nSPS) is 13.3. The second-order valence-corrected chi connectivity index (χ2v) is 10.4. The van der Waals surface area contributed by atoms with E-state index < -0.39 is 0 Å². The fourth-order valence-electron chi connectivity index (χ4n) is 4.26. The molecule has 2 aromatic carbocycles. The van der Waals surface area contributed by atoms with E-state index in [1.807, 2.05) is 51.9 Å². The second kappa shape index (κ2) is 9.15. The Balaban J connectivity index is 1.59. The van der Waals surface area contributed by atoms with E-state index in [0.29, 0.717) is 26.1 Å². The van der Waals surface area contributed by atoms with Crippen molar-refractivity contribution in [2.24, 2.45) is 0 Å². The summed E-state index contributed by atoms with van der Waals surface area (Å²) in [5.41, 5.74) is 4.64. The third-order valence-electron chi connectivity index (χ3n) is 6.17. The molecule has 1 aliphatic rings. The number of benzene rings is 2. The molecule has 1 amide bonds. The third-order valence-corrected chi connectivity index (χ3v) is 8.31. The molecular formula is C26H25N3O2S2. The van der Waals surface area contributed by atoms with E-state index in [1.54, 1.807) is 30.0 Å². The fourth-order valence-corrected chi connectivity index (χ4v) is 6.61. The molecule has 0 saturated heterocycles. The number of nitrogens with zero attached hydrogens (tertiary/aromatic N) is 3. The van der Waals surface area contributed by atoms with Gasteiger partial charge in [0.25, 0.3) is 5.56 Å². The molecule has 0 atom stereocenters. The Bertz CT molecular complexity index is 1390. The van der Waals surface area contributed by atoms with Crippen molar-refractivity contribution in [2.45, 2.75) is 44.3 Å². The molecule has 168 valence electrons. The Kier molecular flexibility index (Phi) is 6.08. The van der Waals surface area contributed by atoms with Crippen LogP contribution in [0.2, 0.25) is 0 Å². The number of rotatable bonds is 5.